The first-order valence-electron chi connectivity index (χ1n) is 10.6. The molecular formula is C22H41FO2. The Hall–Kier alpha value is -0.860. The Bertz CT molecular complexity index is 330. The van der Waals surface area contributed by atoms with E-state index < -0.39 is 11.8 Å². The Morgan fingerprint density at radius 3 is 1.56 bits per heavy atom. The number of halogens is 1. The van der Waals surface area contributed by atoms with Crippen LogP contribution in [0, 0.1) is 0 Å². The van der Waals surface area contributed by atoms with Gasteiger partial charge in [0.05, 0.1) is 0 Å². The maximum Gasteiger partial charge on any atom is 0.332 e. The quantitative estimate of drug-likeness (QED) is 0.143. The zero-order valence-corrected chi connectivity index (χ0v) is 16.8. The van der Waals surface area contributed by atoms with Crippen molar-refractivity contribution in [1.29, 1.82) is 0 Å². The van der Waals surface area contributed by atoms with Gasteiger partial charge in [-0.05, 0) is 12.8 Å². The molecule has 0 amide bonds. The largest absolute Gasteiger partial charge is 0.425 e. The lowest BCUT2D eigenvalue weighted by Gasteiger charge is -2.25. The van der Waals surface area contributed by atoms with Crippen LogP contribution in [-0.2, 0) is 9.53 Å². The Morgan fingerprint density at radius 1 is 0.800 bits per heavy atom. The van der Waals surface area contributed by atoms with Crippen molar-refractivity contribution < 1.29 is 13.9 Å². The van der Waals surface area contributed by atoms with Crippen molar-refractivity contribution in [2.24, 2.45) is 0 Å². The van der Waals surface area contributed by atoms with Crippen LogP contribution in [0.5, 0.6) is 0 Å². The first kappa shape index (κ1) is 24.1. The molecule has 0 saturated carbocycles. The van der Waals surface area contributed by atoms with E-state index >= 15 is 0 Å². The molecule has 25 heavy (non-hydrogen) atoms. The zero-order chi connectivity index (χ0) is 18.8. The van der Waals surface area contributed by atoms with Gasteiger partial charge in [-0.1, -0.05) is 97.5 Å². The van der Waals surface area contributed by atoms with E-state index in [4.69, 9.17) is 4.74 Å². The summed E-state index contributed by atoms with van der Waals surface area (Å²) < 4.78 is 19.9. The van der Waals surface area contributed by atoms with E-state index in [0.717, 1.165) is 51.0 Å². The van der Waals surface area contributed by atoms with Crippen LogP contribution >= 0.6 is 0 Å². The molecule has 0 N–H and O–H groups in total. The van der Waals surface area contributed by atoms with E-state index in [9.17, 15) is 9.18 Å². The third-order valence-electron chi connectivity index (χ3n) is 4.76. The SMILES string of the molecule is C=CC(=O)OC(F)(CCCCCC)CCCCCCCCCCCC. The van der Waals surface area contributed by atoms with Crippen LogP contribution in [0.25, 0.3) is 0 Å². The van der Waals surface area contributed by atoms with E-state index in [1.807, 2.05) is 0 Å². The molecule has 0 aromatic carbocycles. The second-order valence-corrected chi connectivity index (χ2v) is 7.25. The number of alkyl halides is 1. The van der Waals surface area contributed by atoms with Crippen LogP contribution in [0.15, 0.2) is 12.7 Å². The lowest BCUT2D eigenvalue weighted by Crippen LogP contribution is -2.29. The summed E-state index contributed by atoms with van der Waals surface area (Å²) in [6.07, 6.45) is 17.8. The van der Waals surface area contributed by atoms with Gasteiger partial charge in [0.2, 0.25) is 0 Å². The van der Waals surface area contributed by atoms with Gasteiger partial charge in [0.1, 0.15) is 0 Å². The van der Waals surface area contributed by atoms with Crippen molar-refractivity contribution in [3.05, 3.63) is 12.7 Å². The van der Waals surface area contributed by atoms with Crippen LogP contribution in [0.4, 0.5) is 4.39 Å². The maximum atomic E-state index is 14.9. The van der Waals surface area contributed by atoms with Gasteiger partial charge >= 0.3 is 5.97 Å². The molecular weight excluding hydrogens is 315 g/mol. The van der Waals surface area contributed by atoms with Crippen molar-refractivity contribution in [3.8, 4) is 0 Å². The molecule has 0 aromatic heterocycles. The third-order valence-corrected chi connectivity index (χ3v) is 4.76. The molecule has 0 aromatic rings. The van der Waals surface area contributed by atoms with Crippen molar-refractivity contribution in [1.82, 2.24) is 0 Å². The Morgan fingerprint density at radius 2 is 1.16 bits per heavy atom. The van der Waals surface area contributed by atoms with Crippen molar-refractivity contribution >= 4 is 5.97 Å². The Kier molecular flexibility index (Phi) is 16.0. The fraction of sp³-hybridized carbons (Fsp3) is 0.864. The molecule has 0 aliphatic carbocycles. The second-order valence-electron chi connectivity index (χ2n) is 7.25. The molecule has 0 heterocycles. The number of ether oxygens (including phenoxy) is 1. The summed E-state index contributed by atoms with van der Waals surface area (Å²) >= 11 is 0. The van der Waals surface area contributed by atoms with Gasteiger partial charge in [-0.3, -0.25) is 0 Å². The topological polar surface area (TPSA) is 26.3 Å². The Balaban J connectivity index is 3.89. The summed E-state index contributed by atoms with van der Waals surface area (Å²) in [5.74, 6) is -2.45. The molecule has 3 heteroatoms. The molecule has 0 aliphatic heterocycles. The average Bonchev–Trinajstić information content (AvgIpc) is 2.60. The summed E-state index contributed by atoms with van der Waals surface area (Å²) in [7, 11) is 0. The van der Waals surface area contributed by atoms with Gasteiger partial charge < -0.3 is 4.74 Å². The molecule has 0 saturated heterocycles. The Labute approximate surface area is 155 Å². The van der Waals surface area contributed by atoms with E-state index in [1.54, 1.807) is 0 Å². The average molecular weight is 357 g/mol. The second kappa shape index (κ2) is 16.6. The van der Waals surface area contributed by atoms with Crippen molar-refractivity contribution in [3.63, 3.8) is 0 Å². The molecule has 148 valence electrons. The minimum absolute atomic E-state index is 0.310. The van der Waals surface area contributed by atoms with E-state index in [2.05, 4.69) is 20.4 Å². The summed E-state index contributed by atoms with van der Waals surface area (Å²) in [6, 6.07) is 0. The molecule has 2 nitrogen and oxygen atoms in total. The number of unbranched alkanes of at least 4 members (excludes halogenated alkanes) is 12. The number of hydrogen-bond acceptors (Lipinski definition) is 2. The molecule has 1 atom stereocenters. The first-order valence-corrected chi connectivity index (χ1v) is 10.6. The summed E-state index contributed by atoms with van der Waals surface area (Å²) in [6.45, 7) is 7.74. The summed E-state index contributed by atoms with van der Waals surface area (Å²) in [5.41, 5.74) is 0. The number of hydrogen-bond donors (Lipinski definition) is 0. The standard InChI is InChI=1S/C22H41FO2/c1-4-7-9-11-12-13-14-15-16-18-20-22(23,25-21(24)6-3)19-17-10-8-5-2/h6H,3-5,7-20H2,1-2H3. The number of carbonyl (C=O) groups is 1. The molecule has 0 spiro atoms. The van der Waals surface area contributed by atoms with E-state index in [0.29, 0.717) is 12.8 Å². The highest BCUT2D eigenvalue weighted by molar-refractivity contribution is 5.81. The number of rotatable bonds is 18. The van der Waals surface area contributed by atoms with Crippen molar-refractivity contribution in [2.75, 3.05) is 0 Å². The molecule has 0 radical (unpaired) electrons. The lowest BCUT2D eigenvalue weighted by molar-refractivity contribution is -0.180. The minimum atomic E-state index is -1.81. The minimum Gasteiger partial charge on any atom is -0.425 e. The van der Waals surface area contributed by atoms with Crippen LogP contribution in [-0.4, -0.2) is 11.8 Å². The number of esters is 1. The van der Waals surface area contributed by atoms with E-state index in [1.165, 1.54) is 44.9 Å². The highest BCUT2D eigenvalue weighted by Crippen LogP contribution is 2.29. The fourth-order valence-corrected chi connectivity index (χ4v) is 3.14. The molecule has 0 bridgehead atoms. The fourth-order valence-electron chi connectivity index (χ4n) is 3.14. The summed E-state index contributed by atoms with van der Waals surface area (Å²) in [4.78, 5) is 11.4. The zero-order valence-electron chi connectivity index (χ0n) is 16.8. The van der Waals surface area contributed by atoms with Gasteiger partial charge in [0.15, 0.2) is 0 Å². The first-order chi connectivity index (χ1) is 12.1. The van der Waals surface area contributed by atoms with Crippen molar-refractivity contribution in [2.45, 2.75) is 122 Å². The highest BCUT2D eigenvalue weighted by atomic mass is 19.2. The van der Waals surface area contributed by atoms with Gasteiger partial charge in [-0.2, -0.15) is 4.39 Å². The molecule has 0 rings (SSSR count). The van der Waals surface area contributed by atoms with Crippen LogP contribution < -0.4 is 0 Å². The third kappa shape index (κ3) is 15.1. The van der Waals surface area contributed by atoms with Gasteiger partial charge in [-0.15, -0.1) is 0 Å². The monoisotopic (exact) mass is 356 g/mol. The van der Waals surface area contributed by atoms with Crippen LogP contribution in [0.2, 0.25) is 0 Å². The number of carbonyl (C=O) groups excluding carboxylic acids is 1. The van der Waals surface area contributed by atoms with Crippen LogP contribution in [0.1, 0.15) is 117 Å². The predicted octanol–water partition coefficient (Wildman–Crippen LogP) is 7.66. The van der Waals surface area contributed by atoms with Gasteiger partial charge in [-0.25, -0.2) is 4.79 Å². The molecule has 0 fully saturated rings. The normalized spacial score (nSPS) is 13.4. The lowest BCUT2D eigenvalue weighted by atomic mass is 10.00. The highest BCUT2D eigenvalue weighted by Gasteiger charge is 2.32. The summed E-state index contributed by atoms with van der Waals surface area (Å²) in [5, 5.41) is 0. The predicted molar refractivity (Wildman–Crippen MR) is 105 cm³/mol. The molecule has 0 aliphatic rings. The smallest absolute Gasteiger partial charge is 0.332 e. The van der Waals surface area contributed by atoms with Gasteiger partial charge in [0, 0.05) is 18.9 Å². The molecule has 1 unspecified atom stereocenters. The maximum absolute atomic E-state index is 14.9. The van der Waals surface area contributed by atoms with E-state index in [-0.39, 0.29) is 0 Å². The van der Waals surface area contributed by atoms with Crippen LogP contribution in [0.3, 0.4) is 0 Å². The van der Waals surface area contributed by atoms with Gasteiger partial charge in [0.25, 0.3) is 5.85 Å².